The van der Waals surface area contributed by atoms with Crippen LogP contribution in [0.5, 0.6) is 0 Å². The molecular weight excluding hydrogens is 248 g/mol. The lowest BCUT2D eigenvalue weighted by molar-refractivity contribution is -0.0520. The second-order valence-corrected chi connectivity index (χ2v) is 6.39. The van der Waals surface area contributed by atoms with Gasteiger partial charge in [-0.2, -0.15) is 0 Å². The summed E-state index contributed by atoms with van der Waals surface area (Å²) in [4.78, 5) is 2.55. The zero-order valence-corrected chi connectivity index (χ0v) is 13.3. The standard InChI is InChI=1S/C17H28N2O/c1-14-5-7-15(8-6-14)16(18-4)9-10-19-11-12-20-13-17(19,2)3/h5-8,16,18H,9-13H2,1-4H3. The Balaban J connectivity index is 1.95. The van der Waals surface area contributed by atoms with Gasteiger partial charge < -0.3 is 10.1 Å². The fourth-order valence-electron chi connectivity index (χ4n) is 2.87. The predicted octanol–water partition coefficient (Wildman–Crippen LogP) is 2.76. The average molecular weight is 276 g/mol. The van der Waals surface area contributed by atoms with Crippen molar-refractivity contribution in [3.8, 4) is 0 Å². The number of ether oxygens (including phenoxy) is 1. The largest absolute Gasteiger partial charge is 0.378 e. The van der Waals surface area contributed by atoms with Crippen molar-refractivity contribution in [2.75, 3.05) is 33.4 Å². The number of benzene rings is 1. The molecule has 1 saturated heterocycles. The Hall–Kier alpha value is -0.900. The van der Waals surface area contributed by atoms with Crippen molar-refractivity contribution in [2.45, 2.75) is 38.8 Å². The van der Waals surface area contributed by atoms with Gasteiger partial charge >= 0.3 is 0 Å². The van der Waals surface area contributed by atoms with E-state index in [1.807, 2.05) is 0 Å². The molecule has 1 N–H and O–H groups in total. The molecule has 3 heteroatoms. The van der Waals surface area contributed by atoms with Crippen molar-refractivity contribution in [1.82, 2.24) is 10.2 Å². The highest BCUT2D eigenvalue weighted by atomic mass is 16.5. The topological polar surface area (TPSA) is 24.5 Å². The molecule has 0 amide bonds. The van der Waals surface area contributed by atoms with E-state index in [-0.39, 0.29) is 5.54 Å². The molecule has 2 rings (SSSR count). The van der Waals surface area contributed by atoms with Crippen LogP contribution in [-0.2, 0) is 4.74 Å². The summed E-state index contributed by atoms with van der Waals surface area (Å²) in [5.74, 6) is 0. The highest BCUT2D eigenvalue weighted by Crippen LogP contribution is 2.23. The van der Waals surface area contributed by atoms with E-state index in [4.69, 9.17) is 4.74 Å². The van der Waals surface area contributed by atoms with Gasteiger partial charge in [0.1, 0.15) is 0 Å². The van der Waals surface area contributed by atoms with Crippen LogP contribution in [0, 0.1) is 6.92 Å². The lowest BCUT2D eigenvalue weighted by Crippen LogP contribution is -2.53. The number of hydrogen-bond acceptors (Lipinski definition) is 3. The van der Waals surface area contributed by atoms with Crippen LogP contribution in [0.2, 0.25) is 0 Å². The van der Waals surface area contributed by atoms with Crippen LogP contribution in [0.25, 0.3) is 0 Å². The number of aryl methyl sites for hydroxylation is 1. The summed E-state index contributed by atoms with van der Waals surface area (Å²) in [6, 6.07) is 9.28. The summed E-state index contributed by atoms with van der Waals surface area (Å²) >= 11 is 0. The zero-order chi connectivity index (χ0) is 14.6. The van der Waals surface area contributed by atoms with E-state index in [9.17, 15) is 0 Å². The molecule has 0 aliphatic carbocycles. The maximum atomic E-state index is 5.59. The minimum atomic E-state index is 0.157. The average Bonchev–Trinajstić information content (AvgIpc) is 2.42. The molecule has 112 valence electrons. The van der Waals surface area contributed by atoms with E-state index >= 15 is 0 Å². The van der Waals surface area contributed by atoms with Gasteiger partial charge in [-0.15, -0.1) is 0 Å². The summed E-state index contributed by atoms with van der Waals surface area (Å²) in [6.07, 6.45) is 1.13. The summed E-state index contributed by atoms with van der Waals surface area (Å²) in [5.41, 5.74) is 2.85. The third-order valence-electron chi connectivity index (χ3n) is 4.33. The highest BCUT2D eigenvalue weighted by Gasteiger charge is 2.30. The molecule has 1 aliphatic rings. The molecule has 1 atom stereocenters. The van der Waals surface area contributed by atoms with E-state index in [0.717, 1.165) is 32.7 Å². The van der Waals surface area contributed by atoms with E-state index in [2.05, 4.69) is 62.3 Å². The fourth-order valence-corrected chi connectivity index (χ4v) is 2.87. The first-order valence-corrected chi connectivity index (χ1v) is 7.59. The number of nitrogens with one attached hydrogen (secondary N) is 1. The van der Waals surface area contributed by atoms with E-state index in [1.165, 1.54) is 11.1 Å². The number of nitrogens with zero attached hydrogens (tertiary/aromatic N) is 1. The van der Waals surface area contributed by atoms with Crippen LogP contribution >= 0.6 is 0 Å². The molecular formula is C17H28N2O. The molecule has 0 radical (unpaired) electrons. The Morgan fingerprint density at radius 1 is 1.30 bits per heavy atom. The first kappa shape index (κ1) is 15.5. The van der Waals surface area contributed by atoms with Crippen LogP contribution in [0.4, 0.5) is 0 Å². The van der Waals surface area contributed by atoms with E-state index in [0.29, 0.717) is 6.04 Å². The van der Waals surface area contributed by atoms with Crippen LogP contribution < -0.4 is 5.32 Å². The van der Waals surface area contributed by atoms with Gasteiger partial charge in [0.15, 0.2) is 0 Å². The molecule has 0 bridgehead atoms. The lowest BCUT2D eigenvalue weighted by Gasteiger charge is -2.42. The van der Waals surface area contributed by atoms with Crippen LogP contribution in [0.3, 0.4) is 0 Å². The molecule has 1 aliphatic heterocycles. The summed E-state index contributed by atoms with van der Waals surface area (Å²) in [7, 11) is 2.05. The summed E-state index contributed by atoms with van der Waals surface area (Å²) in [5, 5.41) is 3.45. The maximum Gasteiger partial charge on any atom is 0.0645 e. The van der Waals surface area contributed by atoms with Gasteiger partial charge in [0, 0.05) is 24.7 Å². The Labute approximate surface area is 123 Å². The minimum Gasteiger partial charge on any atom is -0.378 e. The molecule has 1 unspecified atom stereocenters. The van der Waals surface area contributed by atoms with Crippen LogP contribution in [0.1, 0.15) is 37.4 Å². The number of morpholine rings is 1. The zero-order valence-electron chi connectivity index (χ0n) is 13.3. The molecule has 1 fully saturated rings. The van der Waals surface area contributed by atoms with Crippen LogP contribution in [0.15, 0.2) is 24.3 Å². The van der Waals surface area contributed by atoms with Crippen molar-refractivity contribution in [3.63, 3.8) is 0 Å². The summed E-state index contributed by atoms with van der Waals surface area (Å²) in [6.45, 7) is 10.5. The fraction of sp³-hybridized carbons (Fsp3) is 0.647. The molecule has 1 aromatic rings. The lowest BCUT2D eigenvalue weighted by atomic mass is 9.99. The molecule has 3 nitrogen and oxygen atoms in total. The van der Waals surface area contributed by atoms with Crippen LogP contribution in [-0.4, -0.2) is 43.8 Å². The number of rotatable bonds is 5. The second kappa shape index (κ2) is 6.70. The van der Waals surface area contributed by atoms with E-state index < -0.39 is 0 Å². The minimum absolute atomic E-state index is 0.157. The molecule has 0 aromatic heterocycles. The van der Waals surface area contributed by atoms with Gasteiger partial charge in [-0.1, -0.05) is 29.8 Å². The Kier molecular flexibility index (Phi) is 5.19. The first-order chi connectivity index (χ1) is 9.53. The molecule has 0 saturated carbocycles. The Bertz CT molecular complexity index is 414. The van der Waals surface area contributed by atoms with Crippen molar-refractivity contribution in [3.05, 3.63) is 35.4 Å². The molecule has 1 heterocycles. The highest BCUT2D eigenvalue weighted by molar-refractivity contribution is 5.24. The third-order valence-corrected chi connectivity index (χ3v) is 4.33. The monoisotopic (exact) mass is 276 g/mol. The molecule has 20 heavy (non-hydrogen) atoms. The smallest absolute Gasteiger partial charge is 0.0645 e. The normalized spacial score (nSPS) is 20.8. The van der Waals surface area contributed by atoms with Crippen molar-refractivity contribution in [1.29, 1.82) is 0 Å². The first-order valence-electron chi connectivity index (χ1n) is 7.59. The van der Waals surface area contributed by atoms with E-state index in [1.54, 1.807) is 0 Å². The SMILES string of the molecule is CNC(CCN1CCOCC1(C)C)c1ccc(C)cc1. The molecule has 1 aromatic carbocycles. The van der Waals surface area contributed by atoms with Crippen molar-refractivity contribution in [2.24, 2.45) is 0 Å². The van der Waals surface area contributed by atoms with Gasteiger partial charge in [-0.3, -0.25) is 4.90 Å². The quantitative estimate of drug-likeness (QED) is 0.895. The summed E-state index contributed by atoms with van der Waals surface area (Å²) < 4.78 is 5.59. The number of hydrogen-bond donors (Lipinski definition) is 1. The van der Waals surface area contributed by atoms with Gasteiger partial charge in [0.05, 0.1) is 13.2 Å². The van der Waals surface area contributed by atoms with Gasteiger partial charge in [0.25, 0.3) is 0 Å². The third kappa shape index (κ3) is 3.81. The maximum absolute atomic E-state index is 5.59. The predicted molar refractivity (Wildman–Crippen MR) is 84.1 cm³/mol. The Morgan fingerprint density at radius 3 is 2.60 bits per heavy atom. The second-order valence-electron chi connectivity index (χ2n) is 6.39. The van der Waals surface area contributed by atoms with Gasteiger partial charge in [0.2, 0.25) is 0 Å². The van der Waals surface area contributed by atoms with Crippen molar-refractivity contribution >= 4 is 0 Å². The van der Waals surface area contributed by atoms with Crippen molar-refractivity contribution < 1.29 is 4.74 Å². The van der Waals surface area contributed by atoms with Gasteiger partial charge in [-0.05, 0) is 39.8 Å². The van der Waals surface area contributed by atoms with Gasteiger partial charge in [-0.25, -0.2) is 0 Å². The molecule has 0 spiro atoms. The Morgan fingerprint density at radius 2 is 2.00 bits per heavy atom.